The Labute approximate surface area is 110 Å². The van der Waals surface area contributed by atoms with Gasteiger partial charge in [0.25, 0.3) is 0 Å². The average molecular weight is 252 g/mol. The van der Waals surface area contributed by atoms with Crippen LogP contribution in [-0.2, 0) is 11.3 Å². The molecule has 0 aliphatic carbocycles. The molecule has 1 aromatic heterocycles. The molecule has 4 nitrogen and oxygen atoms in total. The van der Waals surface area contributed by atoms with E-state index in [4.69, 9.17) is 9.47 Å². The number of aromatic nitrogens is 1. The number of hydrogen-bond donors (Lipinski definition) is 1. The van der Waals surface area contributed by atoms with Crippen LogP contribution >= 0.6 is 0 Å². The largest absolute Gasteiger partial charge is 0.481 e. The summed E-state index contributed by atoms with van der Waals surface area (Å²) in [6.45, 7) is 5.71. The molecule has 0 bridgehead atoms. The summed E-state index contributed by atoms with van der Waals surface area (Å²) in [5, 5.41) is 3.37. The average Bonchev–Trinajstić information content (AvgIpc) is 2.42. The van der Waals surface area contributed by atoms with Crippen molar-refractivity contribution in [2.45, 2.75) is 32.7 Å². The second kappa shape index (κ2) is 9.85. The van der Waals surface area contributed by atoms with Gasteiger partial charge in [0.05, 0.1) is 7.11 Å². The molecule has 0 unspecified atom stereocenters. The Balaban J connectivity index is 2.00. The van der Waals surface area contributed by atoms with Crippen molar-refractivity contribution in [3.63, 3.8) is 0 Å². The normalized spacial score (nSPS) is 10.6. The fourth-order valence-corrected chi connectivity index (χ4v) is 1.52. The standard InChI is InChI=1S/C14H24N2O2/c1-3-4-9-18-10-5-8-15-11-13-6-7-14(17-2)16-12-13/h6-7,12,15H,3-5,8-11H2,1-2H3. The molecule has 0 spiro atoms. The molecule has 0 radical (unpaired) electrons. The van der Waals surface area contributed by atoms with Crippen molar-refractivity contribution in [3.8, 4) is 5.88 Å². The zero-order valence-electron chi connectivity index (χ0n) is 11.4. The zero-order valence-corrected chi connectivity index (χ0v) is 11.4. The van der Waals surface area contributed by atoms with Crippen LogP contribution in [-0.4, -0.2) is 31.9 Å². The van der Waals surface area contributed by atoms with E-state index in [1.54, 1.807) is 7.11 Å². The third kappa shape index (κ3) is 6.57. The lowest BCUT2D eigenvalue weighted by Gasteiger charge is -2.06. The van der Waals surface area contributed by atoms with E-state index < -0.39 is 0 Å². The van der Waals surface area contributed by atoms with Crippen molar-refractivity contribution in [3.05, 3.63) is 23.9 Å². The minimum atomic E-state index is 0.656. The zero-order chi connectivity index (χ0) is 13.1. The molecule has 1 N–H and O–H groups in total. The molecule has 0 aliphatic rings. The summed E-state index contributed by atoms with van der Waals surface area (Å²) in [6, 6.07) is 3.90. The molecule has 0 amide bonds. The van der Waals surface area contributed by atoms with Crippen LogP contribution in [0.5, 0.6) is 5.88 Å². The summed E-state index contributed by atoms with van der Waals surface area (Å²) < 4.78 is 10.5. The second-order valence-electron chi connectivity index (χ2n) is 4.21. The molecule has 0 aromatic carbocycles. The van der Waals surface area contributed by atoms with Gasteiger partial charge in [-0.15, -0.1) is 0 Å². The molecular formula is C14H24N2O2. The highest BCUT2D eigenvalue weighted by Gasteiger charge is 1.95. The number of hydrogen-bond acceptors (Lipinski definition) is 4. The molecule has 102 valence electrons. The maximum Gasteiger partial charge on any atom is 0.212 e. The van der Waals surface area contributed by atoms with Crippen molar-refractivity contribution in [1.82, 2.24) is 10.3 Å². The van der Waals surface area contributed by atoms with Crippen LogP contribution in [0.1, 0.15) is 31.7 Å². The van der Waals surface area contributed by atoms with Gasteiger partial charge in [-0.2, -0.15) is 0 Å². The summed E-state index contributed by atoms with van der Waals surface area (Å²) in [5.74, 6) is 0.656. The van der Waals surface area contributed by atoms with Gasteiger partial charge in [0.15, 0.2) is 0 Å². The smallest absolute Gasteiger partial charge is 0.212 e. The maximum absolute atomic E-state index is 5.49. The van der Waals surface area contributed by atoms with Crippen molar-refractivity contribution >= 4 is 0 Å². The molecule has 1 rings (SSSR count). The Bertz CT molecular complexity index is 301. The van der Waals surface area contributed by atoms with Gasteiger partial charge in [0, 0.05) is 32.0 Å². The molecule has 4 heteroatoms. The third-order valence-electron chi connectivity index (χ3n) is 2.62. The van der Waals surface area contributed by atoms with Gasteiger partial charge in [-0.3, -0.25) is 0 Å². The van der Waals surface area contributed by atoms with Crippen LogP contribution in [0.4, 0.5) is 0 Å². The second-order valence-corrected chi connectivity index (χ2v) is 4.21. The molecular weight excluding hydrogens is 228 g/mol. The number of rotatable bonds is 10. The molecule has 0 aliphatic heterocycles. The predicted octanol–water partition coefficient (Wildman–Crippen LogP) is 2.39. The number of nitrogens with one attached hydrogen (secondary N) is 1. The van der Waals surface area contributed by atoms with E-state index in [0.29, 0.717) is 5.88 Å². The third-order valence-corrected chi connectivity index (χ3v) is 2.62. The summed E-state index contributed by atoms with van der Waals surface area (Å²) in [6.07, 6.45) is 5.24. The van der Waals surface area contributed by atoms with Gasteiger partial charge >= 0.3 is 0 Å². The summed E-state index contributed by atoms with van der Waals surface area (Å²) in [4.78, 5) is 4.16. The van der Waals surface area contributed by atoms with Gasteiger partial charge in [-0.1, -0.05) is 19.4 Å². The Morgan fingerprint density at radius 1 is 1.22 bits per heavy atom. The fraction of sp³-hybridized carbons (Fsp3) is 0.643. The van der Waals surface area contributed by atoms with Gasteiger partial charge in [-0.25, -0.2) is 4.98 Å². The Kier molecular flexibility index (Phi) is 8.17. The summed E-state index contributed by atoms with van der Waals surface area (Å²) in [7, 11) is 1.62. The minimum Gasteiger partial charge on any atom is -0.481 e. The number of ether oxygens (including phenoxy) is 2. The van der Waals surface area contributed by atoms with Gasteiger partial charge in [0.1, 0.15) is 0 Å². The topological polar surface area (TPSA) is 43.4 Å². The van der Waals surface area contributed by atoms with E-state index in [9.17, 15) is 0 Å². The van der Waals surface area contributed by atoms with Crippen LogP contribution in [0.15, 0.2) is 18.3 Å². The van der Waals surface area contributed by atoms with E-state index >= 15 is 0 Å². The van der Waals surface area contributed by atoms with E-state index in [-0.39, 0.29) is 0 Å². The lowest BCUT2D eigenvalue weighted by atomic mass is 10.3. The molecule has 0 saturated heterocycles. The van der Waals surface area contributed by atoms with Crippen LogP contribution in [0.25, 0.3) is 0 Å². The first-order chi connectivity index (χ1) is 8.86. The molecule has 1 heterocycles. The van der Waals surface area contributed by atoms with Crippen LogP contribution in [0.2, 0.25) is 0 Å². The van der Waals surface area contributed by atoms with Crippen molar-refractivity contribution < 1.29 is 9.47 Å². The summed E-state index contributed by atoms with van der Waals surface area (Å²) in [5.41, 5.74) is 1.17. The first-order valence-corrected chi connectivity index (χ1v) is 6.64. The fourth-order valence-electron chi connectivity index (χ4n) is 1.52. The first kappa shape index (κ1) is 14.9. The minimum absolute atomic E-state index is 0.656. The number of unbranched alkanes of at least 4 members (excludes halogenated alkanes) is 1. The number of nitrogens with zero attached hydrogens (tertiary/aromatic N) is 1. The summed E-state index contributed by atoms with van der Waals surface area (Å²) >= 11 is 0. The quantitative estimate of drug-likeness (QED) is 0.649. The highest BCUT2D eigenvalue weighted by Crippen LogP contribution is 2.05. The highest BCUT2D eigenvalue weighted by molar-refractivity contribution is 5.17. The highest BCUT2D eigenvalue weighted by atomic mass is 16.5. The van der Waals surface area contributed by atoms with E-state index in [1.807, 2.05) is 18.3 Å². The molecule has 0 saturated carbocycles. The maximum atomic E-state index is 5.49. The van der Waals surface area contributed by atoms with Gasteiger partial charge < -0.3 is 14.8 Å². The first-order valence-electron chi connectivity index (χ1n) is 6.64. The van der Waals surface area contributed by atoms with Crippen LogP contribution in [0.3, 0.4) is 0 Å². The lowest BCUT2D eigenvalue weighted by molar-refractivity contribution is 0.129. The van der Waals surface area contributed by atoms with E-state index in [0.717, 1.165) is 39.1 Å². The number of pyridine rings is 1. The van der Waals surface area contributed by atoms with E-state index in [1.165, 1.54) is 12.0 Å². The molecule has 0 atom stereocenters. The van der Waals surface area contributed by atoms with Gasteiger partial charge in [-0.05, 0) is 24.9 Å². The van der Waals surface area contributed by atoms with Crippen LogP contribution in [0, 0.1) is 0 Å². The SMILES string of the molecule is CCCCOCCCNCc1ccc(OC)nc1. The Hall–Kier alpha value is -1.13. The van der Waals surface area contributed by atoms with Crippen molar-refractivity contribution in [2.75, 3.05) is 26.9 Å². The van der Waals surface area contributed by atoms with Gasteiger partial charge in [0.2, 0.25) is 5.88 Å². The molecule has 18 heavy (non-hydrogen) atoms. The predicted molar refractivity (Wildman–Crippen MR) is 72.8 cm³/mol. The van der Waals surface area contributed by atoms with E-state index in [2.05, 4.69) is 17.2 Å². The molecule has 0 fully saturated rings. The van der Waals surface area contributed by atoms with Crippen LogP contribution < -0.4 is 10.1 Å². The van der Waals surface area contributed by atoms with Crippen molar-refractivity contribution in [2.24, 2.45) is 0 Å². The number of methoxy groups -OCH3 is 1. The Morgan fingerprint density at radius 2 is 2.06 bits per heavy atom. The molecule has 1 aromatic rings. The monoisotopic (exact) mass is 252 g/mol. The Morgan fingerprint density at radius 3 is 2.72 bits per heavy atom. The van der Waals surface area contributed by atoms with Crippen molar-refractivity contribution in [1.29, 1.82) is 0 Å². The lowest BCUT2D eigenvalue weighted by Crippen LogP contribution is -2.16.